The molecule has 0 unspecified atom stereocenters. The van der Waals surface area contributed by atoms with Crippen molar-refractivity contribution < 1.29 is 14.0 Å². The summed E-state index contributed by atoms with van der Waals surface area (Å²) in [6, 6.07) is 14.0. The van der Waals surface area contributed by atoms with Crippen LogP contribution in [-0.2, 0) is 7.05 Å². The third-order valence-corrected chi connectivity index (χ3v) is 8.33. The molecule has 1 aliphatic carbocycles. The Kier molecular flexibility index (Phi) is 5.33. The van der Waals surface area contributed by atoms with Crippen molar-refractivity contribution in [2.75, 3.05) is 18.8 Å². The quantitative estimate of drug-likeness (QED) is 0.426. The second-order valence-electron chi connectivity index (χ2n) is 9.79. The number of rotatable bonds is 5. The normalized spacial score (nSPS) is 20.5. The van der Waals surface area contributed by atoms with Crippen LogP contribution in [0.25, 0.3) is 21.3 Å². The van der Waals surface area contributed by atoms with E-state index in [1.807, 2.05) is 36.1 Å². The molecule has 2 amide bonds. The predicted molar refractivity (Wildman–Crippen MR) is 138 cm³/mol. The van der Waals surface area contributed by atoms with Crippen molar-refractivity contribution >= 4 is 39.2 Å². The van der Waals surface area contributed by atoms with E-state index in [1.165, 1.54) is 23.5 Å². The number of benzene rings is 2. The van der Waals surface area contributed by atoms with E-state index in [0.29, 0.717) is 46.8 Å². The number of nitrogens with one attached hydrogen (secondary N) is 1. The molecule has 184 valence electrons. The molecule has 36 heavy (non-hydrogen) atoms. The van der Waals surface area contributed by atoms with Gasteiger partial charge in [-0.05, 0) is 55.0 Å². The van der Waals surface area contributed by atoms with Crippen LogP contribution in [0.4, 0.5) is 9.52 Å². The second kappa shape index (κ2) is 8.44. The summed E-state index contributed by atoms with van der Waals surface area (Å²) in [7, 11) is 1.79. The van der Waals surface area contributed by atoms with Crippen molar-refractivity contribution in [3.05, 3.63) is 71.3 Å². The molecular weight excluding hydrogens is 477 g/mol. The van der Waals surface area contributed by atoms with Crippen LogP contribution in [0.5, 0.6) is 0 Å². The summed E-state index contributed by atoms with van der Waals surface area (Å²) in [5.74, 6) is 0.0895. The van der Waals surface area contributed by atoms with Crippen molar-refractivity contribution in [2.24, 2.45) is 18.9 Å². The molecule has 2 aromatic heterocycles. The second-order valence-corrected chi connectivity index (χ2v) is 10.8. The molecule has 2 aromatic carbocycles. The number of hydrogen-bond donors (Lipinski definition) is 2. The Morgan fingerprint density at radius 1 is 1.22 bits per heavy atom. The molecule has 1 aliphatic heterocycles. The number of nitrogens with zero attached hydrogens (tertiary/aromatic N) is 3. The Morgan fingerprint density at radius 3 is 2.86 bits per heavy atom. The van der Waals surface area contributed by atoms with Gasteiger partial charge in [0.1, 0.15) is 17.2 Å². The third kappa shape index (κ3) is 3.83. The first-order chi connectivity index (χ1) is 17.3. The number of hydrogen-bond acceptors (Lipinski definition) is 5. The van der Waals surface area contributed by atoms with E-state index in [0.717, 1.165) is 27.9 Å². The summed E-state index contributed by atoms with van der Waals surface area (Å²) in [5, 5.41) is 4.05. The number of carbonyl (C=O) groups excluding carboxylic acids is 2. The molecule has 4 aromatic rings. The Balaban J connectivity index is 1.22. The van der Waals surface area contributed by atoms with Crippen LogP contribution in [0.3, 0.4) is 0 Å². The highest BCUT2D eigenvalue weighted by atomic mass is 32.1. The number of nitrogen functional groups attached to an aromatic ring is 1. The lowest BCUT2D eigenvalue weighted by molar-refractivity contribution is 0.0690. The number of anilines is 1. The van der Waals surface area contributed by atoms with Crippen molar-refractivity contribution in [3.63, 3.8) is 0 Å². The number of halogens is 1. The summed E-state index contributed by atoms with van der Waals surface area (Å²) in [4.78, 5) is 33.8. The SMILES string of the molecule is Cc1cccc(-c2sc(N)nc2C(=O)N2C[C@H]3C[C@H]3[C@H]2CNC(=O)c2cc3cc(F)ccc3n2C)c1. The highest BCUT2D eigenvalue weighted by Crippen LogP contribution is 2.50. The molecule has 1 saturated heterocycles. The number of piperidine rings is 1. The Labute approximate surface area is 211 Å². The number of likely N-dealkylation sites (tertiary alicyclic amines) is 1. The molecule has 3 heterocycles. The fourth-order valence-corrected chi connectivity index (χ4v) is 6.31. The minimum atomic E-state index is -0.340. The summed E-state index contributed by atoms with van der Waals surface area (Å²) >= 11 is 1.32. The van der Waals surface area contributed by atoms with Gasteiger partial charge in [0.15, 0.2) is 5.13 Å². The predicted octanol–water partition coefficient (Wildman–Crippen LogP) is 4.22. The average molecular weight is 504 g/mol. The van der Waals surface area contributed by atoms with Crippen LogP contribution >= 0.6 is 11.3 Å². The first kappa shape index (κ1) is 22.7. The third-order valence-electron chi connectivity index (χ3n) is 7.40. The van der Waals surface area contributed by atoms with Gasteiger partial charge in [0.25, 0.3) is 11.8 Å². The van der Waals surface area contributed by atoms with Crippen LogP contribution in [0.15, 0.2) is 48.5 Å². The van der Waals surface area contributed by atoms with Gasteiger partial charge in [-0.2, -0.15) is 0 Å². The number of aryl methyl sites for hydroxylation is 2. The lowest BCUT2D eigenvalue weighted by atomic mass is 10.1. The molecule has 3 N–H and O–H groups in total. The summed E-state index contributed by atoms with van der Waals surface area (Å²) in [5.41, 5.74) is 9.66. The lowest BCUT2D eigenvalue weighted by Crippen LogP contribution is -2.46. The Hall–Kier alpha value is -3.72. The average Bonchev–Trinajstić information content (AvgIpc) is 3.18. The van der Waals surface area contributed by atoms with Gasteiger partial charge in [-0.15, -0.1) is 0 Å². The minimum absolute atomic E-state index is 0.105. The Bertz CT molecular complexity index is 1530. The van der Waals surface area contributed by atoms with Gasteiger partial charge in [-0.3, -0.25) is 9.59 Å². The lowest BCUT2D eigenvalue weighted by Gasteiger charge is -2.27. The maximum Gasteiger partial charge on any atom is 0.274 e. The van der Waals surface area contributed by atoms with Crippen molar-refractivity contribution in [3.8, 4) is 10.4 Å². The molecule has 1 saturated carbocycles. The largest absolute Gasteiger partial charge is 0.375 e. The number of fused-ring (bicyclic) bond motifs is 2. The van der Waals surface area contributed by atoms with Crippen LogP contribution in [0.2, 0.25) is 0 Å². The molecule has 9 heteroatoms. The molecule has 0 bridgehead atoms. The summed E-state index contributed by atoms with van der Waals surface area (Å²) in [6.45, 7) is 3.01. The maximum absolute atomic E-state index is 13.7. The van der Waals surface area contributed by atoms with Gasteiger partial charge in [0, 0.05) is 31.0 Å². The maximum atomic E-state index is 13.7. The van der Waals surface area contributed by atoms with Gasteiger partial charge in [-0.25, -0.2) is 9.37 Å². The highest BCUT2D eigenvalue weighted by Gasteiger charge is 2.54. The van der Waals surface area contributed by atoms with E-state index in [9.17, 15) is 14.0 Å². The van der Waals surface area contributed by atoms with Crippen molar-refractivity contribution in [1.82, 2.24) is 19.8 Å². The van der Waals surface area contributed by atoms with Gasteiger partial charge >= 0.3 is 0 Å². The fourth-order valence-electron chi connectivity index (χ4n) is 5.49. The van der Waals surface area contributed by atoms with Crippen molar-refractivity contribution in [1.29, 1.82) is 0 Å². The molecule has 2 aliphatic rings. The highest BCUT2D eigenvalue weighted by molar-refractivity contribution is 7.19. The number of carbonyl (C=O) groups is 2. The molecule has 3 atom stereocenters. The van der Waals surface area contributed by atoms with E-state index in [2.05, 4.69) is 10.3 Å². The topological polar surface area (TPSA) is 93.2 Å². The molecule has 0 radical (unpaired) electrons. The number of nitrogens with two attached hydrogens (primary N) is 1. The van der Waals surface area contributed by atoms with E-state index >= 15 is 0 Å². The Morgan fingerprint density at radius 2 is 2.06 bits per heavy atom. The van der Waals surface area contributed by atoms with Crippen LogP contribution in [-0.4, -0.2) is 45.4 Å². The van der Waals surface area contributed by atoms with Crippen molar-refractivity contribution in [2.45, 2.75) is 19.4 Å². The minimum Gasteiger partial charge on any atom is -0.375 e. The number of aromatic nitrogens is 2. The fraction of sp³-hybridized carbons (Fsp3) is 0.296. The molecule has 0 spiro atoms. The van der Waals surface area contributed by atoms with Crippen LogP contribution < -0.4 is 11.1 Å². The molecular formula is C27H26FN5O2S. The van der Waals surface area contributed by atoms with Crippen LogP contribution in [0.1, 0.15) is 33.0 Å². The van der Waals surface area contributed by atoms with Gasteiger partial charge < -0.3 is 20.5 Å². The zero-order valence-corrected chi connectivity index (χ0v) is 20.8. The first-order valence-electron chi connectivity index (χ1n) is 12.0. The number of thiazole rings is 1. The monoisotopic (exact) mass is 503 g/mol. The van der Waals surface area contributed by atoms with E-state index in [-0.39, 0.29) is 23.7 Å². The van der Waals surface area contributed by atoms with Gasteiger partial charge in [0.2, 0.25) is 0 Å². The first-order valence-corrected chi connectivity index (χ1v) is 12.8. The zero-order valence-electron chi connectivity index (χ0n) is 20.0. The van der Waals surface area contributed by atoms with E-state index in [1.54, 1.807) is 23.7 Å². The van der Waals surface area contributed by atoms with Crippen LogP contribution in [0, 0.1) is 24.6 Å². The molecule has 7 nitrogen and oxygen atoms in total. The van der Waals surface area contributed by atoms with Gasteiger partial charge in [-0.1, -0.05) is 41.2 Å². The zero-order chi connectivity index (χ0) is 25.1. The molecule has 6 rings (SSSR count). The molecule has 2 fully saturated rings. The van der Waals surface area contributed by atoms with E-state index < -0.39 is 0 Å². The van der Waals surface area contributed by atoms with E-state index in [4.69, 9.17) is 5.73 Å². The number of amides is 2. The summed E-state index contributed by atoms with van der Waals surface area (Å²) in [6.07, 6.45) is 1.06. The smallest absolute Gasteiger partial charge is 0.274 e. The standard InChI is InChI=1S/C27H26FN5O2S/c1-14-4-3-5-15(8-14)24-23(31-27(29)36-24)26(35)33-13-17-10-19(17)22(33)12-30-25(34)21-11-16-9-18(28)6-7-20(16)32(21)2/h3-9,11,17,19,22H,10,12-13H2,1-2H3,(H2,29,31)(H,30,34)/t17-,19-,22-/m1/s1. The van der Waals surface area contributed by atoms with Gasteiger partial charge in [0.05, 0.1) is 10.9 Å². The summed E-state index contributed by atoms with van der Waals surface area (Å²) < 4.78 is 15.4.